The molecule has 0 radical (unpaired) electrons. The number of imidazole rings is 1. The van der Waals surface area contributed by atoms with Crippen molar-refractivity contribution in [2.75, 3.05) is 12.4 Å². The second-order valence-corrected chi connectivity index (χ2v) is 8.58. The summed E-state index contributed by atoms with van der Waals surface area (Å²) in [6, 6.07) is 15.5. The summed E-state index contributed by atoms with van der Waals surface area (Å²) >= 11 is 12.3. The first kappa shape index (κ1) is 22.8. The van der Waals surface area contributed by atoms with Gasteiger partial charge in [0.2, 0.25) is 0 Å². The van der Waals surface area contributed by atoms with Crippen molar-refractivity contribution in [1.82, 2.24) is 19.9 Å². The molecule has 5 rings (SSSR count). The number of anilines is 1. The normalized spacial score (nSPS) is 10.9. The van der Waals surface area contributed by atoms with Crippen molar-refractivity contribution in [2.45, 2.75) is 6.42 Å². The van der Waals surface area contributed by atoms with Crippen molar-refractivity contribution >= 4 is 45.8 Å². The summed E-state index contributed by atoms with van der Waals surface area (Å²) in [7, 11) is 1.57. The van der Waals surface area contributed by atoms with Gasteiger partial charge in [-0.05, 0) is 34.9 Å². The summed E-state index contributed by atoms with van der Waals surface area (Å²) in [5, 5.41) is 3.25. The van der Waals surface area contributed by atoms with Crippen molar-refractivity contribution < 1.29 is 9.53 Å². The van der Waals surface area contributed by atoms with E-state index in [0.29, 0.717) is 40.3 Å². The number of H-pyrrole nitrogens is 1. The Bertz CT molecular complexity index is 1500. The Morgan fingerprint density at radius 3 is 2.43 bits per heavy atom. The van der Waals surface area contributed by atoms with Crippen molar-refractivity contribution in [3.63, 3.8) is 0 Å². The number of fused-ring (bicyclic) bond motifs is 1. The summed E-state index contributed by atoms with van der Waals surface area (Å²) in [6.45, 7) is 0. The van der Waals surface area contributed by atoms with Gasteiger partial charge in [-0.3, -0.25) is 14.8 Å². The number of hydrogen-bond acceptors (Lipinski definition) is 5. The predicted octanol–water partition coefficient (Wildman–Crippen LogP) is 6.18. The maximum absolute atomic E-state index is 13.1. The van der Waals surface area contributed by atoms with Crippen molar-refractivity contribution in [1.29, 1.82) is 0 Å². The van der Waals surface area contributed by atoms with Crippen molar-refractivity contribution in [2.24, 2.45) is 0 Å². The molecule has 2 N–H and O–H groups in total. The zero-order valence-electron chi connectivity index (χ0n) is 18.5. The van der Waals surface area contributed by atoms with Gasteiger partial charge in [0.25, 0.3) is 5.91 Å². The van der Waals surface area contributed by atoms with Gasteiger partial charge >= 0.3 is 0 Å². The largest absolute Gasteiger partial charge is 0.494 e. The Balaban J connectivity index is 1.45. The zero-order valence-corrected chi connectivity index (χ0v) is 20.1. The molecule has 5 aromatic rings. The smallest absolute Gasteiger partial charge is 0.258 e. The van der Waals surface area contributed by atoms with E-state index in [1.165, 1.54) is 12.4 Å². The lowest BCUT2D eigenvalue weighted by molar-refractivity contribution is 0.102. The number of carbonyl (C=O) groups is 1. The van der Waals surface area contributed by atoms with Crippen LogP contribution in [0.25, 0.3) is 22.2 Å². The summed E-state index contributed by atoms with van der Waals surface area (Å²) < 4.78 is 5.49. The Hall–Kier alpha value is -3.94. The maximum Gasteiger partial charge on any atom is 0.258 e. The molecular weight excluding hydrogens is 485 g/mol. The first-order valence-corrected chi connectivity index (χ1v) is 11.4. The molecule has 0 aliphatic rings. The number of ether oxygens (including phenoxy) is 1. The van der Waals surface area contributed by atoms with Crippen LogP contribution in [-0.2, 0) is 6.42 Å². The van der Waals surface area contributed by atoms with Crippen LogP contribution < -0.4 is 10.1 Å². The minimum absolute atomic E-state index is 0.244. The lowest BCUT2D eigenvalue weighted by Gasteiger charge is -2.10. The quantitative estimate of drug-likeness (QED) is 0.288. The molecule has 0 atom stereocenters. The number of nitrogens with zero attached hydrogens (tertiary/aromatic N) is 3. The standard InChI is InChI=1S/C26H19Cl2N5O2/c1-35-21-9-8-18(26(34)33-24-19(27)13-30-14-20(24)28)23-25(21)32-22(31-23)11-15-4-6-16(7-5-15)17-3-2-10-29-12-17/h2-10,12-14H,11H2,1H3,(H,31,32)(H,30,33,34). The van der Waals surface area contributed by atoms with Crippen LogP contribution >= 0.6 is 23.2 Å². The van der Waals surface area contributed by atoms with Gasteiger partial charge in [0.1, 0.15) is 22.6 Å². The minimum atomic E-state index is -0.397. The van der Waals surface area contributed by atoms with Gasteiger partial charge in [0.15, 0.2) is 0 Å². The summed E-state index contributed by atoms with van der Waals surface area (Å²) in [4.78, 5) is 29.2. The number of amides is 1. The number of rotatable bonds is 6. The molecule has 0 spiro atoms. The third-order valence-corrected chi connectivity index (χ3v) is 6.11. The highest BCUT2D eigenvalue weighted by atomic mass is 35.5. The number of pyridine rings is 2. The lowest BCUT2D eigenvalue weighted by Crippen LogP contribution is -2.13. The topological polar surface area (TPSA) is 92.8 Å². The Morgan fingerprint density at radius 2 is 1.74 bits per heavy atom. The third-order valence-electron chi connectivity index (χ3n) is 5.53. The summed E-state index contributed by atoms with van der Waals surface area (Å²) in [6.07, 6.45) is 6.97. The minimum Gasteiger partial charge on any atom is -0.494 e. The first-order valence-electron chi connectivity index (χ1n) is 10.7. The molecule has 3 heterocycles. The number of methoxy groups -OCH3 is 1. The summed E-state index contributed by atoms with van der Waals surface area (Å²) in [5.41, 5.74) is 4.98. The molecule has 0 unspecified atom stereocenters. The van der Waals surface area contributed by atoms with Crippen LogP contribution in [0.4, 0.5) is 5.69 Å². The fourth-order valence-electron chi connectivity index (χ4n) is 3.81. The van der Waals surface area contributed by atoms with E-state index < -0.39 is 5.91 Å². The van der Waals surface area contributed by atoms with E-state index in [2.05, 4.69) is 32.4 Å². The first-order chi connectivity index (χ1) is 17.0. The molecule has 0 bridgehead atoms. The molecule has 3 aromatic heterocycles. The van der Waals surface area contributed by atoms with Crippen molar-refractivity contribution in [3.8, 4) is 16.9 Å². The molecule has 9 heteroatoms. The van der Waals surface area contributed by atoms with E-state index >= 15 is 0 Å². The molecule has 0 saturated carbocycles. The molecule has 2 aromatic carbocycles. The zero-order chi connectivity index (χ0) is 24.4. The lowest BCUT2D eigenvalue weighted by atomic mass is 10.0. The molecule has 0 fully saturated rings. The second kappa shape index (κ2) is 9.74. The van der Waals surface area contributed by atoms with Gasteiger partial charge in [-0.15, -0.1) is 0 Å². The van der Waals surface area contributed by atoms with Crippen LogP contribution in [0.1, 0.15) is 21.7 Å². The van der Waals surface area contributed by atoms with E-state index in [9.17, 15) is 4.79 Å². The van der Waals surface area contributed by atoms with Gasteiger partial charge in [0.05, 0.1) is 28.4 Å². The number of aromatic amines is 1. The highest BCUT2D eigenvalue weighted by Crippen LogP contribution is 2.31. The van der Waals surface area contributed by atoms with E-state index in [1.807, 2.05) is 30.5 Å². The summed E-state index contributed by atoms with van der Waals surface area (Å²) in [5.74, 6) is 0.890. The number of carbonyl (C=O) groups excluding carboxylic acids is 1. The Morgan fingerprint density at radius 1 is 0.971 bits per heavy atom. The van der Waals surface area contributed by atoms with Gasteiger partial charge in [-0.2, -0.15) is 0 Å². The fraction of sp³-hybridized carbons (Fsp3) is 0.0769. The maximum atomic E-state index is 13.1. The van der Waals surface area contributed by atoms with Crippen LogP contribution in [0.3, 0.4) is 0 Å². The van der Waals surface area contributed by atoms with Gasteiger partial charge in [0, 0.05) is 31.2 Å². The van der Waals surface area contributed by atoms with Crippen LogP contribution in [0.5, 0.6) is 5.75 Å². The molecule has 0 aliphatic carbocycles. The molecular formula is C26H19Cl2N5O2. The highest BCUT2D eigenvalue weighted by Gasteiger charge is 2.19. The Labute approximate surface area is 211 Å². The van der Waals surface area contributed by atoms with Crippen molar-refractivity contribution in [3.05, 3.63) is 100 Å². The SMILES string of the molecule is COc1ccc(C(=O)Nc2c(Cl)cncc2Cl)c2nc(Cc3ccc(-c4cccnc4)cc3)[nH]c12. The van der Waals surface area contributed by atoms with Crippen LogP contribution in [0.15, 0.2) is 73.3 Å². The van der Waals surface area contributed by atoms with Crippen LogP contribution in [-0.4, -0.2) is 33.0 Å². The fourth-order valence-corrected chi connectivity index (χ4v) is 4.27. The van der Waals surface area contributed by atoms with Crippen LogP contribution in [0, 0.1) is 0 Å². The number of hydrogen-bond donors (Lipinski definition) is 2. The Kier molecular flexibility index (Phi) is 6.35. The number of benzene rings is 2. The third kappa shape index (κ3) is 4.69. The number of aromatic nitrogens is 4. The highest BCUT2D eigenvalue weighted by molar-refractivity contribution is 6.39. The van der Waals surface area contributed by atoms with Gasteiger partial charge < -0.3 is 15.0 Å². The monoisotopic (exact) mass is 503 g/mol. The van der Waals surface area contributed by atoms with E-state index in [0.717, 1.165) is 16.7 Å². The molecule has 0 aliphatic heterocycles. The second-order valence-electron chi connectivity index (χ2n) is 7.77. The average Bonchev–Trinajstić information content (AvgIpc) is 3.30. The van der Waals surface area contributed by atoms with Gasteiger partial charge in [-0.1, -0.05) is 53.5 Å². The number of halogens is 2. The molecule has 174 valence electrons. The van der Waals surface area contributed by atoms with E-state index in [1.54, 1.807) is 25.4 Å². The number of nitrogens with one attached hydrogen (secondary N) is 2. The molecule has 0 saturated heterocycles. The van der Waals surface area contributed by atoms with Gasteiger partial charge in [-0.25, -0.2) is 4.98 Å². The molecule has 35 heavy (non-hydrogen) atoms. The van der Waals surface area contributed by atoms with E-state index in [-0.39, 0.29) is 10.0 Å². The predicted molar refractivity (Wildman–Crippen MR) is 137 cm³/mol. The van der Waals surface area contributed by atoms with E-state index in [4.69, 9.17) is 32.9 Å². The average molecular weight is 504 g/mol. The molecule has 1 amide bonds. The van der Waals surface area contributed by atoms with Crippen LogP contribution in [0.2, 0.25) is 10.0 Å². The molecule has 7 nitrogen and oxygen atoms in total.